The van der Waals surface area contributed by atoms with Crippen LogP contribution >= 0.6 is 0 Å². The molecule has 1 aliphatic heterocycles. The maximum absolute atomic E-state index is 2.40. The number of piperidine rings is 1. The highest BCUT2D eigenvalue weighted by Gasteiger charge is 2.13. The molecule has 1 saturated carbocycles. The van der Waals surface area contributed by atoms with E-state index in [2.05, 4.69) is 70.8 Å². The van der Waals surface area contributed by atoms with Crippen LogP contribution < -0.4 is 0 Å². The first-order valence-corrected chi connectivity index (χ1v) is 10.1. The van der Waals surface area contributed by atoms with E-state index in [0.717, 1.165) is 17.8 Å². The van der Waals surface area contributed by atoms with Gasteiger partial charge in [-0.05, 0) is 64.6 Å². The molecule has 2 fully saturated rings. The van der Waals surface area contributed by atoms with Gasteiger partial charge in [-0.15, -0.1) is 0 Å². The molecule has 0 bridgehead atoms. The van der Waals surface area contributed by atoms with Crippen molar-refractivity contribution in [2.24, 2.45) is 17.8 Å². The quantitative estimate of drug-likeness (QED) is 0.525. The number of hydrogen-bond donors (Lipinski definition) is 0. The summed E-state index contributed by atoms with van der Waals surface area (Å²) in [6.07, 6.45) is 8.69. The van der Waals surface area contributed by atoms with Gasteiger partial charge in [0, 0.05) is 0 Å². The lowest BCUT2D eigenvalue weighted by Gasteiger charge is -2.26. The minimum atomic E-state index is 0.978. The fourth-order valence-electron chi connectivity index (χ4n) is 3.20. The molecule has 2 aliphatic rings. The van der Waals surface area contributed by atoms with Crippen molar-refractivity contribution in [3.63, 3.8) is 0 Å². The van der Waals surface area contributed by atoms with Crippen molar-refractivity contribution in [1.82, 2.24) is 4.90 Å². The number of rotatable bonds is 0. The van der Waals surface area contributed by atoms with Crippen molar-refractivity contribution < 1.29 is 0 Å². The average molecular weight is 332 g/mol. The van der Waals surface area contributed by atoms with Crippen molar-refractivity contribution in [3.8, 4) is 0 Å². The molecule has 1 heterocycles. The van der Waals surface area contributed by atoms with Crippen LogP contribution in [0.5, 0.6) is 0 Å². The topological polar surface area (TPSA) is 3.24 Å². The molecule has 1 saturated heterocycles. The van der Waals surface area contributed by atoms with Gasteiger partial charge in [-0.2, -0.15) is 0 Å². The summed E-state index contributed by atoms with van der Waals surface area (Å²) in [5, 5.41) is 0. The summed E-state index contributed by atoms with van der Waals surface area (Å²) in [7, 11) is 2.20. The third-order valence-corrected chi connectivity index (χ3v) is 5.53. The van der Waals surface area contributed by atoms with Crippen LogP contribution in [0.4, 0.5) is 0 Å². The van der Waals surface area contributed by atoms with Crippen LogP contribution in [0.1, 0.15) is 70.4 Å². The van der Waals surface area contributed by atoms with Crippen LogP contribution in [0.2, 0.25) is 0 Å². The summed E-state index contributed by atoms with van der Waals surface area (Å²) in [5.41, 5.74) is 2.66. The highest BCUT2D eigenvalue weighted by atomic mass is 15.1. The molecule has 0 unspecified atom stereocenters. The Morgan fingerprint density at radius 1 is 0.625 bits per heavy atom. The van der Waals surface area contributed by atoms with E-state index in [9.17, 15) is 0 Å². The molecule has 24 heavy (non-hydrogen) atoms. The minimum absolute atomic E-state index is 0.978. The Morgan fingerprint density at radius 3 is 1.21 bits per heavy atom. The zero-order valence-electron chi connectivity index (χ0n) is 17.1. The van der Waals surface area contributed by atoms with E-state index in [0.29, 0.717) is 0 Å². The van der Waals surface area contributed by atoms with E-state index in [1.54, 1.807) is 0 Å². The SMILES string of the molecule is CC1CCC(C)CC1.CC1CCN(C)CC1.Cc1ccc(C)cc1. The lowest BCUT2D eigenvalue weighted by molar-refractivity contribution is 0.230. The first-order chi connectivity index (χ1) is 11.4. The van der Waals surface area contributed by atoms with E-state index in [-0.39, 0.29) is 0 Å². The Kier molecular flexibility index (Phi) is 10.3. The molecule has 0 N–H and O–H groups in total. The summed E-state index contributed by atoms with van der Waals surface area (Å²) in [5.74, 6) is 3.02. The predicted molar refractivity (Wildman–Crippen MR) is 109 cm³/mol. The van der Waals surface area contributed by atoms with E-state index in [1.807, 2.05) is 0 Å². The Bertz CT molecular complexity index is 345. The maximum atomic E-state index is 2.40. The third-order valence-electron chi connectivity index (χ3n) is 5.53. The Hall–Kier alpha value is -0.820. The molecule has 0 spiro atoms. The smallest absolute Gasteiger partial charge is 0.00192 e. The van der Waals surface area contributed by atoms with Crippen LogP contribution in [-0.4, -0.2) is 25.0 Å². The van der Waals surface area contributed by atoms with Crippen molar-refractivity contribution in [2.75, 3.05) is 20.1 Å². The van der Waals surface area contributed by atoms with Gasteiger partial charge in [-0.3, -0.25) is 0 Å². The molecule has 138 valence electrons. The Balaban J connectivity index is 0.000000180. The van der Waals surface area contributed by atoms with Crippen LogP contribution in [0, 0.1) is 31.6 Å². The van der Waals surface area contributed by atoms with Crippen LogP contribution in [0.3, 0.4) is 0 Å². The minimum Gasteiger partial charge on any atom is -0.306 e. The Morgan fingerprint density at radius 2 is 0.917 bits per heavy atom. The number of hydrogen-bond acceptors (Lipinski definition) is 1. The first kappa shape index (κ1) is 21.2. The highest BCUT2D eigenvalue weighted by molar-refractivity contribution is 5.19. The van der Waals surface area contributed by atoms with E-state index >= 15 is 0 Å². The number of benzene rings is 1. The lowest BCUT2D eigenvalue weighted by atomic mass is 9.84. The van der Waals surface area contributed by atoms with Crippen molar-refractivity contribution >= 4 is 0 Å². The van der Waals surface area contributed by atoms with Crippen LogP contribution in [0.15, 0.2) is 24.3 Å². The fraction of sp³-hybridized carbons (Fsp3) is 0.739. The second kappa shape index (κ2) is 11.7. The molecule has 0 atom stereocenters. The van der Waals surface area contributed by atoms with Gasteiger partial charge in [0.05, 0.1) is 0 Å². The monoisotopic (exact) mass is 331 g/mol. The first-order valence-electron chi connectivity index (χ1n) is 10.1. The molecule has 1 nitrogen and oxygen atoms in total. The molecule has 1 aromatic carbocycles. The van der Waals surface area contributed by atoms with Crippen molar-refractivity contribution in [2.45, 2.75) is 73.1 Å². The number of aryl methyl sites for hydroxylation is 2. The van der Waals surface area contributed by atoms with Gasteiger partial charge in [-0.1, -0.05) is 81.8 Å². The summed E-state index contributed by atoms with van der Waals surface area (Å²) in [6, 6.07) is 8.48. The van der Waals surface area contributed by atoms with Crippen LogP contribution in [0.25, 0.3) is 0 Å². The zero-order chi connectivity index (χ0) is 17.9. The fourth-order valence-corrected chi connectivity index (χ4v) is 3.20. The zero-order valence-corrected chi connectivity index (χ0v) is 17.1. The van der Waals surface area contributed by atoms with Gasteiger partial charge < -0.3 is 4.90 Å². The molecular formula is C23H41N. The second-order valence-electron chi connectivity index (χ2n) is 8.51. The molecule has 3 rings (SSSR count). The van der Waals surface area contributed by atoms with Gasteiger partial charge in [0.1, 0.15) is 0 Å². The van der Waals surface area contributed by atoms with Crippen molar-refractivity contribution in [3.05, 3.63) is 35.4 Å². The molecule has 0 radical (unpaired) electrons. The molecule has 1 aromatic rings. The summed E-state index contributed by atoms with van der Waals surface area (Å²) < 4.78 is 0. The van der Waals surface area contributed by atoms with Gasteiger partial charge in [-0.25, -0.2) is 0 Å². The standard InChI is InChI=1S/C8H16.C8H10.C7H15N/c3*1-7-3-5-8(2)6-4-7/h7-8H,3-6H2,1-2H3;3-6H,1-2H3;7H,3-6H2,1-2H3. The maximum Gasteiger partial charge on any atom is -0.00192 e. The van der Waals surface area contributed by atoms with Gasteiger partial charge in [0.25, 0.3) is 0 Å². The van der Waals surface area contributed by atoms with Gasteiger partial charge >= 0.3 is 0 Å². The molecule has 0 aromatic heterocycles. The summed E-state index contributed by atoms with van der Waals surface area (Å²) >= 11 is 0. The normalized spacial score (nSPS) is 25.1. The summed E-state index contributed by atoms with van der Waals surface area (Å²) in [4.78, 5) is 2.40. The van der Waals surface area contributed by atoms with Crippen molar-refractivity contribution in [1.29, 1.82) is 0 Å². The van der Waals surface area contributed by atoms with E-state index in [1.165, 1.54) is 62.7 Å². The largest absolute Gasteiger partial charge is 0.306 e. The van der Waals surface area contributed by atoms with Gasteiger partial charge in [0.2, 0.25) is 0 Å². The van der Waals surface area contributed by atoms with E-state index < -0.39 is 0 Å². The van der Waals surface area contributed by atoms with Gasteiger partial charge in [0.15, 0.2) is 0 Å². The van der Waals surface area contributed by atoms with E-state index in [4.69, 9.17) is 0 Å². The third kappa shape index (κ3) is 10.1. The summed E-state index contributed by atoms with van der Waals surface area (Å²) in [6.45, 7) is 13.9. The molecule has 1 heteroatoms. The number of nitrogens with zero attached hydrogens (tertiary/aromatic N) is 1. The molecule has 1 aliphatic carbocycles. The predicted octanol–water partition coefficient (Wildman–Crippen LogP) is 6.48. The highest BCUT2D eigenvalue weighted by Crippen LogP contribution is 2.27. The second-order valence-corrected chi connectivity index (χ2v) is 8.51. The molecular weight excluding hydrogens is 290 g/mol. The number of likely N-dealkylation sites (tertiary alicyclic amines) is 1. The van der Waals surface area contributed by atoms with Crippen LogP contribution in [-0.2, 0) is 0 Å². The molecule has 0 amide bonds. The average Bonchev–Trinajstić information content (AvgIpc) is 2.57. The Labute approximate surface area is 151 Å². The lowest BCUT2D eigenvalue weighted by Crippen LogP contribution is -2.28.